The highest BCUT2D eigenvalue weighted by Crippen LogP contribution is 2.18. The lowest BCUT2D eigenvalue weighted by atomic mass is 10.1. The van der Waals surface area contributed by atoms with Crippen LogP contribution in [0, 0.1) is 5.82 Å². The molecule has 0 heterocycles. The van der Waals surface area contributed by atoms with Crippen LogP contribution in [0.2, 0.25) is 0 Å². The zero-order valence-corrected chi connectivity index (χ0v) is 16.3. The van der Waals surface area contributed by atoms with Gasteiger partial charge in [0.25, 0.3) is 0 Å². The van der Waals surface area contributed by atoms with E-state index in [4.69, 9.17) is 9.47 Å². The Hall–Kier alpha value is -2.69. The molecule has 0 aliphatic heterocycles. The second kappa shape index (κ2) is 11.9. The molecule has 0 saturated heterocycles. The fourth-order valence-corrected chi connectivity index (χ4v) is 2.77. The van der Waals surface area contributed by atoms with E-state index in [-0.39, 0.29) is 16.9 Å². The van der Waals surface area contributed by atoms with Crippen molar-refractivity contribution in [2.24, 2.45) is 0 Å². The number of hydrogen-bond donors (Lipinski definition) is 0. The third-order valence-electron chi connectivity index (χ3n) is 4.35. The van der Waals surface area contributed by atoms with Gasteiger partial charge in [-0.3, -0.25) is 0 Å². The smallest absolute Gasteiger partial charge is 0.343 e. The minimum Gasteiger partial charge on any atom is -0.462 e. The van der Waals surface area contributed by atoms with Crippen LogP contribution in [0.4, 0.5) is 4.39 Å². The summed E-state index contributed by atoms with van der Waals surface area (Å²) in [6.07, 6.45) is 7.98. The molecule has 2 aromatic carbocycles. The predicted molar refractivity (Wildman–Crippen MR) is 106 cm³/mol. The van der Waals surface area contributed by atoms with Gasteiger partial charge in [-0.2, -0.15) is 0 Å². The Morgan fingerprint density at radius 3 is 2.18 bits per heavy atom. The molecule has 0 fully saturated rings. The number of esters is 2. The van der Waals surface area contributed by atoms with Crippen LogP contribution in [0.15, 0.2) is 48.5 Å². The van der Waals surface area contributed by atoms with Crippen LogP contribution >= 0.6 is 0 Å². The maximum atomic E-state index is 13.6. The number of halogens is 1. The molecule has 5 heteroatoms. The van der Waals surface area contributed by atoms with Crippen LogP contribution in [-0.4, -0.2) is 18.5 Å². The van der Waals surface area contributed by atoms with E-state index in [0.29, 0.717) is 6.61 Å². The number of benzene rings is 2. The van der Waals surface area contributed by atoms with Crippen molar-refractivity contribution in [2.75, 3.05) is 6.61 Å². The number of rotatable bonds is 11. The summed E-state index contributed by atoms with van der Waals surface area (Å²) in [5.74, 6) is -1.99. The normalized spacial score (nSPS) is 10.5. The van der Waals surface area contributed by atoms with E-state index in [2.05, 4.69) is 6.92 Å². The molecule has 0 aliphatic rings. The Balaban J connectivity index is 1.80. The van der Waals surface area contributed by atoms with Gasteiger partial charge in [0.1, 0.15) is 0 Å². The first-order valence-corrected chi connectivity index (χ1v) is 9.85. The van der Waals surface area contributed by atoms with Gasteiger partial charge in [0.05, 0.1) is 17.7 Å². The molecule has 0 bridgehead atoms. The zero-order chi connectivity index (χ0) is 20.2. The predicted octanol–water partition coefficient (Wildman–Crippen LogP) is 5.95. The van der Waals surface area contributed by atoms with Crippen molar-refractivity contribution in [2.45, 2.75) is 51.9 Å². The van der Waals surface area contributed by atoms with Crippen LogP contribution in [0.25, 0.3) is 0 Å². The lowest BCUT2D eigenvalue weighted by Crippen LogP contribution is -2.12. The maximum Gasteiger partial charge on any atom is 0.343 e. The van der Waals surface area contributed by atoms with Gasteiger partial charge in [-0.1, -0.05) is 63.6 Å². The van der Waals surface area contributed by atoms with E-state index >= 15 is 0 Å². The minimum atomic E-state index is -0.730. The molecular weight excluding hydrogens is 359 g/mol. The third kappa shape index (κ3) is 7.14. The molecule has 0 aromatic heterocycles. The molecule has 150 valence electrons. The average Bonchev–Trinajstić information content (AvgIpc) is 2.71. The summed E-state index contributed by atoms with van der Waals surface area (Å²) >= 11 is 0. The van der Waals surface area contributed by atoms with E-state index in [1.54, 1.807) is 18.2 Å². The second-order valence-corrected chi connectivity index (χ2v) is 6.66. The Kier molecular flexibility index (Phi) is 9.19. The molecule has 28 heavy (non-hydrogen) atoms. The van der Waals surface area contributed by atoms with Gasteiger partial charge in [0, 0.05) is 0 Å². The molecule has 2 aromatic rings. The maximum absolute atomic E-state index is 13.6. The molecule has 0 spiro atoms. The van der Waals surface area contributed by atoms with Crippen molar-refractivity contribution in [3.8, 4) is 5.75 Å². The molecule has 0 radical (unpaired) electrons. The number of unbranched alkanes of at least 4 members (excludes halogenated alkanes) is 6. The van der Waals surface area contributed by atoms with Crippen LogP contribution in [0.1, 0.15) is 72.6 Å². The van der Waals surface area contributed by atoms with E-state index in [1.807, 2.05) is 0 Å². The summed E-state index contributed by atoms with van der Waals surface area (Å²) in [4.78, 5) is 24.4. The fraction of sp³-hybridized carbons (Fsp3) is 0.391. The first kappa shape index (κ1) is 21.6. The van der Waals surface area contributed by atoms with Crippen molar-refractivity contribution < 1.29 is 23.5 Å². The topological polar surface area (TPSA) is 52.6 Å². The standard InChI is InChI=1S/C23H27FO4/c1-2-3-4-5-6-7-10-16-27-22(25)18-12-11-13-19(17-18)23(26)28-21-15-9-8-14-20(21)24/h8-9,11-15,17H,2-7,10,16H2,1H3. The van der Waals surface area contributed by atoms with Gasteiger partial charge >= 0.3 is 11.9 Å². The Bertz CT molecular complexity index is 773. The third-order valence-corrected chi connectivity index (χ3v) is 4.35. The molecule has 0 saturated carbocycles. The fourth-order valence-electron chi connectivity index (χ4n) is 2.77. The van der Waals surface area contributed by atoms with Crippen LogP contribution in [0.5, 0.6) is 5.75 Å². The van der Waals surface area contributed by atoms with Gasteiger partial charge in [0.15, 0.2) is 11.6 Å². The van der Waals surface area contributed by atoms with E-state index in [9.17, 15) is 14.0 Å². The van der Waals surface area contributed by atoms with Gasteiger partial charge in [-0.05, 0) is 36.8 Å². The van der Waals surface area contributed by atoms with Gasteiger partial charge in [0.2, 0.25) is 0 Å². The number of carbonyl (C=O) groups excluding carboxylic acids is 2. The van der Waals surface area contributed by atoms with Crippen molar-refractivity contribution in [3.63, 3.8) is 0 Å². The SMILES string of the molecule is CCCCCCCCCOC(=O)c1cccc(C(=O)Oc2ccccc2F)c1. The highest BCUT2D eigenvalue weighted by Gasteiger charge is 2.14. The molecule has 0 atom stereocenters. The molecule has 0 aliphatic carbocycles. The first-order valence-electron chi connectivity index (χ1n) is 9.85. The van der Waals surface area contributed by atoms with E-state index in [1.165, 1.54) is 56.0 Å². The van der Waals surface area contributed by atoms with Gasteiger partial charge in [-0.15, -0.1) is 0 Å². The van der Waals surface area contributed by atoms with Crippen LogP contribution < -0.4 is 4.74 Å². The minimum absolute atomic E-state index is 0.153. The first-order chi connectivity index (χ1) is 13.6. The Morgan fingerprint density at radius 1 is 0.821 bits per heavy atom. The summed E-state index contributed by atoms with van der Waals surface area (Å²) in [7, 11) is 0. The second-order valence-electron chi connectivity index (χ2n) is 6.66. The number of ether oxygens (including phenoxy) is 2. The molecule has 2 rings (SSSR count). The van der Waals surface area contributed by atoms with Crippen molar-refractivity contribution in [1.29, 1.82) is 0 Å². The van der Waals surface area contributed by atoms with Crippen LogP contribution in [0.3, 0.4) is 0 Å². The quantitative estimate of drug-likeness (QED) is 0.272. The average molecular weight is 386 g/mol. The highest BCUT2D eigenvalue weighted by molar-refractivity contribution is 5.96. The lowest BCUT2D eigenvalue weighted by molar-refractivity contribution is 0.0497. The zero-order valence-electron chi connectivity index (χ0n) is 16.3. The van der Waals surface area contributed by atoms with Crippen LogP contribution in [-0.2, 0) is 4.74 Å². The molecule has 4 nitrogen and oxygen atoms in total. The number of carbonyl (C=O) groups is 2. The van der Waals surface area contributed by atoms with Gasteiger partial charge in [-0.25, -0.2) is 14.0 Å². The summed E-state index contributed by atoms with van der Waals surface area (Å²) in [5.41, 5.74) is 0.430. The number of para-hydroxylation sites is 1. The monoisotopic (exact) mass is 386 g/mol. The summed E-state index contributed by atoms with van der Waals surface area (Å²) in [5, 5.41) is 0. The highest BCUT2D eigenvalue weighted by atomic mass is 19.1. The summed E-state index contributed by atoms with van der Waals surface area (Å²) < 4.78 is 23.9. The summed E-state index contributed by atoms with van der Waals surface area (Å²) in [6, 6.07) is 11.7. The van der Waals surface area contributed by atoms with E-state index in [0.717, 1.165) is 19.3 Å². The largest absolute Gasteiger partial charge is 0.462 e. The summed E-state index contributed by atoms with van der Waals surface area (Å²) in [6.45, 7) is 2.55. The molecule has 0 unspecified atom stereocenters. The Labute approximate surface area is 165 Å². The van der Waals surface area contributed by atoms with Crippen molar-refractivity contribution >= 4 is 11.9 Å². The number of hydrogen-bond acceptors (Lipinski definition) is 4. The van der Waals surface area contributed by atoms with E-state index < -0.39 is 17.8 Å². The molecule has 0 N–H and O–H groups in total. The Morgan fingerprint density at radius 2 is 1.46 bits per heavy atom. The molecular formula is C23H27FO4. The van der Waals surface area contributed by atoms with Crippen molar-refractivity contribution in [1.82, 2.24) is 0 Å². The van der Waals surface area contributed by atoms with Crippen molar-refractivity contribution in [3.05, 3.63) is 65.5 Å². The lowest BCUT2D eigenvalue weighted by Gasteiger charge is -2.08. The van der Waals surface area contributed by atoms with Gasteiger partial charge < -0.3 is 9.47 Å². The molecule has 0 amide bonds.